The van der Waals surface area contributed by atoms with Crippen molar-refractivity contribution in [3.63, 3.8) is 0 Å². The van der Waals surface area contributed by atoms with Crippen molar-refractivity contribution in [3.8, 4) is 0 Å². The van der Waals surface area contributed by atoms with Crippen LogP contribution >= 0.6 is 11.3 Å². The molecule has 3 rings (SSSR count). The molecule has 1 aromatic carbocycles. The third-order valence-corrected chi connectivity index (χ3v) is 7.36. The third kappa shape index (κ3) is 4.49. The summed E-state index contributed by atoms with van der Waals surface area (Å²) in [6, 6.07) is 6.88. The number of nitrogens with zero attached hydrogens (tertiary/aromatic N) is 2. The number of thiazole rings is 1. The number of amides is 1. The first-order valence-electron chi connectivity index (χ1n) is 8.70. The molecule has 0 bridgehead atoms. The number of aryl methyl sites for hydroxylation is 1. The SMILES string of the molecule is Cc1ccc(S(=O)(=O)N2CCC(C(=O)NCCc3nccs3)CC2)cc1. The Hall–Kier alpha value is -1.77. The largest absolute Gasteiger partial charge is 0.355 e. The maximum absolute atomic E-state index is 12.7. The number of benzene rings is 1. The molecule has 1 aromatic heterocycles. The summed E-state index contributed by atoms with van der Waals surface area (Å²) in [6.07, 6.45) is 3.58. The van der Waals surface area contributed by atoms with Crippen molar-refractivity contribution in [2.45, 2.75) is 31.1 Å². The van der Waals surface area contributed by atoms with Gasteiger partial charge in [0.25, 0.3) is 0 Å². The molecule has 1 amide bonds. The average molecular weight is 394 g/mol. The first-order chi connectivity index (χ1) is 12.5. The van der Waals surface area contributed by atoms with Gasteiger partial charge in [0.05, 0.1) is 9.90 Å². The Morgan fingerprint density at radius 3 is 2.58 bits per heavy atom. The van der Waals surface area contributed by atoms with Crippen LogP contribution in [0.3, 0.4) is 0 Å². The Bertz CT molecular complexity index is 825. The molecule has 1 fully saturated rings. The fourth-order valence-corrected chi connectivity index (χ4v) is 5.12. The van der Waals surface area contributed by atoms with Gasteiger partial charge in [-0.15, -0.1) is 11.3 Å². The van der Waals surface area contributed by atoms with Gasteiger partial charge in [-0.2, -0.15) is 4.31 Å². The summed E-state index contributed by atoms with van der Waals surface area (Å²) in [5.41, 5.74) is 1.03. The molecule has 8 heteroatoms. The molecular formula is C18H23N3O3S2. The van der Waals surface area contributed by atoms with Gasteiger partial charge in [0.1, 0.15) is 0 Å². The number of nitrogens with one attached hydrogen (secondary N) is 1. The van der Waals surface area contributed by atoms with Crippen molar-refractivity contribution >= 4 is 27.3 Å². The van der Waals surface area contributed by atoms with Crippen LogP contribution in [0.1, 0.15) is 23.4 Å². The summed E-state index contributed by atoms with van der Waals surface area (Å²) >= 11 is 1.58. The summed E-state index contributed by atoms with van der Waals surface area (Å²) in [5.74, 6) is -0.121. The lowest BCUT2D eigenvalue weighted by molar-refractivity contribution is -0.126. The second kappa shape index (κ2) is 8.28. The van der Waals surface area contributed by atoms with Crippen molar-refractivity contribution in [2.24, 2.45) is 5.92 Å². The van der Waals surface area contributed by atoms with E-state index in [0.717, 1.165) is 17.0 Å². The van der Waals surface area contributed by atoms with Crippen molar-refractivity contribution in [2.75, 3.05) is 19.6 Å². The van der Waals surface area contributed by atoms with Crippen molar-refractivity contribution < 1.29 is 13.2 Å². The van der Waals surface area contributed by atoms with E-state index in [1.54, 1.807) is 41.8 Å². The Kier molecular flexibility index (Phi) is 6.05. The predicted octanol–water partition coefficient (Wildman–Crippen LogP) is 2.21. The number of carbonyl (C=O) groups is 1. The van der Waals surface area contributed by atoms with Crippen LogP contribution in [-0.2, 0) is 21.2 Å². The highest BCUT2D eigenvalue weighted by atomic mass is 32.2. The zero-order chi connectivity index (χ0) is 18.6. The third-order valence-electron chi connectivity index (χ3n) is 4.61. The topological polar surface area (TPSA) is 79.4 Å². The van der Waals surface area contributed by atoms with Crippen LogP contribution in [0.4, 0.5) is 0 Å². The Labute approximate surface area is 158 Å². The van der Waals surface area contributed by atoms with Gasteiger partial charge in [-0.3, -0.25) is 4.79 Å². The quantitative estimate of drug-likeness (QED) is 0.816. The minimum absolute atomic E-state index is 0.00828. The van der Waals surface area contributed by atoms with E-state index in [1.165, 1.54) is 4.31 Å². The molecule has 1 saturated heterocycles. The number of aromatic nitrogens is 1. The van der Waals surface area contributed by atoms with Crippen LogP contribution in [0.5, 0.6) is 0 Å². The summed E-state index contributed by atoms with van der Waals surface area (Å²) < 4.78 is 26.9. The number of sulfonamides is 1. The van der Waals surface area contributed by atoms with Crippen molar-refractivity contribution in [1.29, 1.82) is 0 Å². The van der Waals surface area contributed by atoms with E-state index < -0.39 is 10.0 Å². The summed E-state index contributed by atoms with van der Waals surface area (Å²) in [5, 5.41) is 5.86. The molecule has 0 radical (unpaired) electrons. The molecule has 0 atom stereocenters. The lowest BCUT2D eigenvalue weighted by Gasteiger charge is -2.30. The molecule has 1 aliphatic rings. The van der Waals surface area contributed by atoms with Crippen LogP contribution in [-0.4, -0.2) is 43.2 Å². The number of hydrogen-bond donors (Lipinski definition) is 1. The first-order valence-corrected chi connectivity index (χ1v) is 11.0. The smallest absolute Gasteiger partial charge is 0.243 e. The average Bonchev–Trinajstić information content (AvgIpc) is 3.15. The highest BCUT2D eigenvalue weighted by molar-refractivity contribution is 7.89. The van der Waals surface area contributed by atoms with Crippen LogP contribution in [0, 0.1) is 12.8 Å². The molecule has 140 valence electrons. The fraction of sp³-hybridized carbons (Fsp3) is 0.444. The summed E-state index contributed by atoms with van der Waals surface area (Å²) in [6.45, 7) is 3.24. The highest BCUT2D eigenvalue weighted by Crippen LogP contribution is 2.24. The van der Waals surface area contributed by atoms with Gasteiger partial charge in [0.15, 0.2) is 0 Å². The molecule has 26 heavy (non-hydrogen) atoms. The van der Waals surface area contributed by atoms with Crippen LogP contribution in [0.15, 0.2) is 40.7 Å². The number of piperidine rings is 1. The van der Waals surface area contributed by atoms with E-state index in [4.69, 9.17) is 0 Å². The number of carbonyl (C=O) groups excluding carboxylic acids is 1. The number of hydrogen-bond acceptors (Lipinski definition) is 5. The van der Waals surface area contributed by atoms with Gasteiger partial charge in [-0.05, 0) is 31.9 Å². The second-order valence-corrected chi connectivity index (χ2v) is 9.38. The Balaban J connectivity index is 1.50. The van der Waals surface area contributed by atoms with E-state index in [2.05, 4.69) is 10.3 Å². The van der Waals surface area contributed by atoms with E-state index in [0.29, 0.717) is 37.4 Å². The Morgan fingerprint density at radius 2 is 1.96 bits per heavy atom. The lowest BCUT2D eigenvalue weighted by atomic mass is 9.97. The minimum Gasteiger partial charge on any atom is -0.355 e. The molecular weight excluding hydrogens is 370 g/mol. The maximum Gasteiger partial charge on any atom is 0.243 e. The van der Waals surface area contributed by atoms with Crippen LogP contribution in [0.2, 0.25) is 0 Å². The van der Waals surface area contributed by atoms with Crippen molar-refractivity contribution in [1.82, 2.24) is 14.6 Å². The van der Waals surface area contributed by atoms with Gasteiger partial charge >= 0.3 is 0 Å². The van der Waals surface area contributed by atoms with Gasteiger partial charge in [0, 0.05) is 43.5 Å². The van der Waals surface area contributed by atoms with E-state index >= 15 is 0 Å². The number of rotatable bonds is 6. The van der Waals surface area contributed by atoms with Crippen LogP contribution < -0.4 is 5.32 Å². The molecule has 0 aliphatic carbocycles. The first kappa shape index (κ1) is 19.0. The van der Waals surface area contributed by atoms with Gasteiger partial charge in [0.2, 0.25) is 15.9 Å². The lowest BCUT2D eigenvalue weighted by Crippen LogP contribution is -2.43. The molecule has 0 spiro atoms. The van der Waals surface area contributed by atoms with E-state index in [1.807, 2.05) is 12.3 Å². The monoisotopic (exact) mass is 393 g/mol. The zero-order valence-electron chi connectivity index (χ0n) is 14.7. The van der Waals surface area contributed by atoms with Gasteiger partial charge in [-0.1, -0.05) is 17.7 Å². The standard InChI is InChI=1S/C18H23N3O3S2/c1-14-2-4-16(5-3-14)26(23,24)21-11-7-15(8-12-21)18(22)20-9-6-17-19-10-13-25-17/h2-5,10,13,15H,6-9,11-12H2,1H3,(H,20,22). The molecule has 1 N–H and O–H groups in total. The van der Waals surface area contributed by atoms with Gasteiger partial charge in [-0.25, -0.2) is 13.4 Å². The molecule has 1 aliphatic heterocycles. The zero-order valence-corrected chi connectivity index (χ0v) is 16.4. The fourth-order valence-electron chi connectivity index (χ4n) is 3.03. The molecule has 2 aromatic rings. The molecule has 2 heterocycles. The van der Waals surface area contributed by atoms with E-state index in [9.17, 15) is 13.2 Å². The van der Waals surface area contributed by atoms with E-state index in [-0.39, 0.29) is 11.8 Å². The molecule has 0 saturated carbocycles. The molecule has 0 unspecified atom stereocenters. The van der Waals surface area contributed by atoms with Crippen molar-refractivity contribution in [3.05, 3.63) is 46.4 Å². The summed E-state index contributed by atoms with van der Waals surface area (Å²) in [7, 11) is -3.48. The highest BCUT2D eigenvalue weighted by Gasteiger charge is 2.31. The predicted molar refractivity (Wildman–Crippen MR) is 101 cm³/mol. The minimum atomic E-state index is -3.48. The Morgan fingerprint density at radius 1 is 1.27 bits per heavy atom. The second-order valence-electron chi connectivity index (χ2n) is 6.46. The molecule has 6 nitrogen and oxygen atoms in total. The summed E-state index contributed by atoms with van der Waals surface area (Å²) in [4.78, 5) is 16.8. The maximum atomic E-state index is 12.7. The normalized spacial score (nSPS) is 16.5. The van der Waals surface area contributed by atoms with Gasteiger partial charge < -0.3 is 5.32 Å². The van der Waals surface area contributed by atoms with Crippen LogP contribution in [0.25, 0.3) is 0 Å².